The lowest BCUT2D eigenvalue weighted by molar-refractivity contribution is 0.166. The van der Waals surface area contributed by atoms with Crippen LogP contribution in [0, 0.1) is 0 Å². The smallest absolute Gasteiger partial charge is 0.0904 e. The van der Waals surface area contributed by atoms with Crippen LogP contribution < -0.4 is 4.31 Å². The molecule has 0 aliphatic carbocycles. The second-order valence-electron chi connectivity index (χ2n) is 6.76. The SMILES string of the molecule is OC(CN1SCc2ccccc21)Cn1c2ccccc2c2ccccc21. The van der Waals surface area contributed by atoms with E-state index in [0.717, 1.165) is 5.75 Å². The van der Waals surface area contributed by atoms with E-state index in [9.17, 15) is 5.11 Å². The third-order valence-corrected chi connectivity index (χ3v) is 6.18. The number of rotatable bonds is 4. The Hall–Kier alpha value is -2.43. The summed E-state index contributed by atoms with van der Waals surface area (Å²) in [4.78, 5) is 0. The van der Waals surface area contributed by atoms with Crippen LogP contribution in [0.5, 0.6) is 0 Å². The van der Waals surface area contributed by atoms with Crippen LogP contribution in [-0.4, -0.2) is 22.3 Å². The predicted octanol–water partition coefficient (Wildman–Crippen LogP) is 4.82. The van der Waals surface area contributed by atoms with Crippen LogP contribution in [0.4, 0.5) is 5.69 Å². The van der Waals surface area contributed by atoms with Crippen molar-refractivity contribution in [3.05, 3.63) is 78.4 Å². The summed E-state index contributed by atoms with van der Waals surface area (Å²) in [5, 5.41) is 13.3. The molecule has 1 aliphatic rings. The van der Waals surface area contributed by atoms with Gasteiger partial charge in [-0.05, 0) is 35.7 Å². The molecule has 4 heteroatoms. The standard InChI is InChI=1S/C22H20N2OS/c25-17(14-24-20-10-4-1-7-16(20)15-26-24)13-23-21-11-5-2-8-18(21)19-9-3-6-12-22(19)23/h1-12,17,25H,13-15H2. The first kappa shape index (κ1) is 15.8. The molecule has 1 atom stereocenters. The zero-order valence-corrected chi connectivity index (χ0v) is 15.2. The zero-order chi connectivity index (χ0) is 17.5. The average Bonchev–Trinajstić information content (AvgIpc) is 3.22. The van der Waals surface area contributed by atoms with Crippen LogP contribution in [0.3, 0.4) is 0 Å². The molecule has 0 saturated heterocycles. The van der Waals surface area contributed by atoms with Gasteiger partial charge < -0.3 is 14.0 Å². The van der Waals surface area contributed by atoms with Gasteiger partial charge in [0.1, 0.15) is 0 Å². The number of aliphatic hydroxyl groups is 1. The third kappa shape index (κ3) is 2.57. The van der Waals surface area contributed by atoms with Crippen LogP contribution in [0.2, 0.25) is 0 Å². The molecule has 1 aromatic heterocycles. The highest BCUT2D eigenvalue weighted by molar-refractivity contribution is 8.00. The van der Waals surface area contributed by atoms with Gasteiger partial charge in [-0.15, -0.1) is 0 Å². The minimum atomic E-state index is -0.437. The number of hydrogen-bond acceptors (Lipinski definition) is 3. The van der Waals surface area contributed by atoms with Gasteiger partial charge in [0, 0.05) is 27.6 Å². The number of hydrogen-bond donors (Lipinski definition) is 1. The van der Waals surface area contributed by atoms with Crippen molar-refractivity contribution in [1.82, 2.24) is 4.57 Å². The molecule has 130 valence electrons. The Kier molecular flexibility index (Phi) is 3.88. The first-order valence-corrected chi connectivity index (χ1v) is 9.88. The lowest BCUT2D eigenvalue weighted by Gasteiger charge is -2.22. The maximum absolute atomic E-state index is 10.9. The number of fused-ring (bicyclic) bond motifs is 4. The first-order valence-electron chi connectivity index (χ1n) is 8.93. The molecule has 3 nitrogen and oxygen atoms in total. The molecule has 1 N–H and O–H groups in total. The minimum absolute atomic E-state index is 0.437. The summed E-state index contributed by atoms with van der Waals surface area (Å²) in [6.45, 7) is 1.22. The number of β-amino-alcohol motifs (C(OH)–C–C–N with tert-alkyl or cyclic N) is 1. The molecule has 1 aliphatic heterocycles. The molecule has 0 saturated carbocycles. The van der Waals surface area contributed by atoms with E-state index >= 15 is 0 Å². The van der Waals surface area contributed by atoms with Gasteiger partial charge in [-0.25, -0.2) is 0 Å². The number of aromatic nitrogens is 1. The summed E-state index contributed by atoms with van der Waals surface area (Å²) < 4.78 is 4.48. The highest BCUT2D eigenvalue weighted by atomic mass is 32.2. The van der Waals surface area contributed by atoms with Crippen LogP contribution in [0.1, 0.15) is 5.56 Å². The van der Waals surface area contributed by atoms with Gasteiger partial charge in [0.05, 0.1) is 24.9 Å². The number of nitrogens with zero attached hydrogens (tertiary/aromatic N) is 2. The summed E-state index contributed by atoms with van der Waals surface area (Å²) in [5.74, 6) is 0.984. The fourth-order valence-electron chi connectivity index (χ4n) is 3.90. The molecule has 0 radical (unpaired) electrons. The molecule has 5 rings (SSSR count). The molecular formula is C22H20N2OS. The molecule has 3 aromatic carbocycles. The fraction of sp³-hybridized carbons (Fsp3) is 0.182. The van der Waals surface area contributed by atoms with Crippen LogP contribution in [0.25, 0.3) is 21.8 Å². The van der Waals surface area contributed by atoms with E-state index in [-0.39, 0.29) is 0 Å². The normalized spacial score (nSPS) is 14.9. The molecule has 0 amide bonds. The van der Waals surface area contributed by atoms with Crippen molar-refractivity contribution in [3.8, 4) is 0 Å². The average molecular weight is 360 g/mol. The molecule has 0 fully saturated rings. The molecule has 4 aromatic rings. The van der Waals surface area contributed by atoms with Crippen molar-refractivity contribution in [2.24, 2.45) is 0 Å². The third-order valence-electron chi connectivity index (χ3n) is 5.09. The first-order chi connectivity index (χ1) is 12.8. The van der Waals surface area contributed by atoms with Gasteiger partial charge in [-0.3, -0.25) is 0 Å². The topological polar surface area (TPSA) is 28.4 Å². The number of anilines is 1. The van der Waals surface area contributed by atoms with E-state index in [2.05, 4.69) is 81.7 Å². The van der Waals surface area contributed by atoms with Gasteiger partial charge >= 0.3 is 0 Å². The van der Waals surface area contributed by atoms with E-state index in [1.54, 1.807) is 11.9 Å². The Labute approximate surface area is 157 Å². The second kappa shape index (κ2) is 6.38. The van der Waals surface area contributed by atoms with Crippen molar-refractivity contribution >= 4 is 39.4 Å². The number of benzene rings is 3. The maximum Gasteiger partial charge on any atom is 0.0904 e. The quantitative estimate of drug-likeness (QED) is 0.529. The lowest BCUT2D eigenvalue weighted by Crippen LogP contribution is -2.29. The van der Waals surface area contributed by atoms with Gasteiger partial charge in [-0.2, -0.15) is 0 Å². The Morgan fingerprint density at radius 1 is 0.808 bits per heavy atom. The van der Waals surface area contributed by atoms with Crippen LogP contribution in [-0.2, 0) is 12.3 Å². The highest BCUT2D eigenvalue weighted by Gasteiger charge is 2.22. The summed E-state index contributed by atoms with van der Waals surface area (Å²) in [6, 6.07) is 25.3. The fourth-order valence-corrected chi connectivity index (χ4v) is 5.04. The van der Waals surface area contributed by atoms with Crippen LogP contribution >= 0.6 is 11.9 Å². The monoisotopic (exact) mass is 360 g/mol. The Morgan fingerprint density at radius 2 is 1.42 bits per heavy atom. The molecule has 0 bridgehead atoms. The molecule has 26 heavy (non-hydrogen) atoms. The lowest BCUT2D eigenvalue weighted by atomic mass is 10.2. The van der Waals surface area contributed by atoms with Crippen molar-refractivity contribution < 1.29 is 5.11 Å². The van der Waals surface area contributed by atoms with E-state index < -0.39 is 6.10 Å². The highest BCUT2D eigenvalue weighted by Crippen LogP contribution is 2.37. The zero-order valence-electron chi connectivity index (χ0n) is 14.4. The van der Waals surface area contributed by atoms with Crippen LogP contribution in [0.15, 0.2) is 72.8 Å². The van der Waals surface area contributed by atoms with Gasteiger partial charge in [0.25, 0.3) is 0 Å². The Balaban J connectivity index is 1.46. The Morgan fingerprint density at radius 3 is 2.15 bits per heavy atom. The summed E-state index contributed by atoms with van der Waals surface area (Å²) >= 11 is 1.78. The van der Waals surface area contributed by atoms with E-state index in [1.807, 2.05) is 0 Å². The molecular weight excluding hydrogens is 340 g/mol. The van der Waals surface area contributed by atoms with Gasteiger partial charge in [-0.1, -0.05) is 54.6 Å². The van der Waals surface area contributed by atoms with E-state index in [4.69, 9.17) is 0 Å². The predicted molar refractivity (Wildman–Crippen MR) is 111 cm³/mol. The van der Waals surface area contributed by atoms with Crippen molar-refractivity contribution in [3.63, 3.8) is 0 Å². The van der Waals surface area contributed by atoms with Crippen molar-refractivity contribution in [1.29, 1.82) is 0 Å². The molecule has 2 heterocycles. The van der Waals surface area contributed by atoms with E-state index in [1.165, 1.54) is 33.1 Å². The number of aliphatic hydroxyl groups excluding tert-OH is 1. The minimum Gasteiger partial charge on any atom is -0.389 e. The Bertz CT molecular complexity index is 1030. The largest absolute Gasteiger partial charge is 0.389 e. The summed E-state index contributed by atoms with van der Waals surface area (Å²) in [6.07, 6.45) is -0.437. The van der Waals surface area contributed by atoms with Crippen molar-refractivity contribution in [2.45, 2.75) is 18.4 Å². The summed E-state index contributed by atoms with van der Waals surface area (Å²) in [7, 11) is 0. The molecule has 1 unspecified atom stereocenters. The van der Waals surface area contributed by atoms with Gasteiger partial charge in [0.15, 0.2) is 0 Å². The van der Waals surface area contributed by atoms with Crippen molar-refractivity contribution in [2.75, 3.05) is 10.8 Å². The maximum atomic E-state index is 10.9. The number of para-hydroxylation sites is 3. The van der Waals surface area contributed by atoms with E-state index in [0.29, 0.717) is 13.1 Å². The summed E-state index contributed by atoms with van der Waals surface area (Å²) in [5.41, 5.74) is 4.95. The van der Waals surface area contributed by atoms with Gasteiger partial charge in [0.2, 0.25) is 0 Å². The second-order valence-corrected chi connectivity index (χ2v) is 7.75. The molecule has 0 spiro atoms.